The molecule has 6 nitrogen and oxygen atoms in total. The van der Waals surface area contributed by atoms with Crippen LogP contribution in [0.5, 0.6) is 17.2 Å². The van der Waals surface area contributed by atoms with Gasteiger partial charge in [-0.05, 0) is 5.56 Å². The van der Waals surface area contributed by atoms with Crippen molar-refractivity contribution in [3.8, 4) is 17.2 Å². The number of rotatable bonds is 3. The van der Waals surface area contributed by atoms with Gasteiger partial charge in [-0.2, -0.15) is 0 Å². The summed E-state index contributed by atoms with van der Waals surface area (Å²) in [7, 11) is 3.25. The maximum atomic E-state index is 12.5. The number of fused-ring (bicyclic) bond motifs is 5. The Morgan fingerprint density at radius 1 is 0.962 bits per heavy atom. The number of hydrogen-bond acceptors (Lipinski definition) is 4. The molecule has 2 N–H and O–H groups in total. The lowest BCUT2D eigenvalue weighted by Crippen LogP contribution is -2.25. The number of benzene rings is 2. The molecule has 2 aromatic carbocycles. The van der Waals surface area contributed by atoms with Crippen LogP contribution in [0.1, 0.15) is 34.2 Å². The fourth-order valence-corrected chi connectivity index (χ4v) is 4.33. The standard InChI is InChI=1S/C20H18N2O4/c1-24-11-8-12(25-2)15-13(9-11)26-19-14(10-6-4-3-5-7-10)17-18(16(15)19)21-22-20(17)23/h3-9,14,16,19H,1-2H3,(H2,21,22,23)/t14-,16?,19?/m1/s1. The second kappa shape index (κ2) is 5.42. The first-order valence-electron chi connectivity index (χ1n) is 8.51. The summed E-state index contributed by atoms with van der Waals surface area (Å²) in [5, 5.41) is 5.81. The van der Waals surface area contributed by atoms with E-state index >= 15 is 0 Å². The monoisotopic (exact) mass is 350 g/mol. The van der Waals surface area contributed by atoms with Gasteiger partial charge in [0.15, 0.2) is 0 Å². The Morgan fingerprint density at radius 3 is 2.50 bits per heavy atom. The summed E-state index contributed by atoms with van der Waals surface area (Å²) in [6.07, 6.45) is -0.197. The van der Waals surface area contributed by atoms with Gasteiger partial charge in [-0.1, -0.05) is 30.3 Å². The fraction of sp³-hybridized carbons (Fsp3) is 0.250. The van der Waals surface area contributed by atoms with Crippen molar-refractivity contribution in [2.75, 3.05) is 14.2 Å². The molecule has 0 radical (unpaired) electrons. The van der Waals surface area contributed by atoms with Crippen LogP contribution in [0.2, 0.25) is 0 Å². The Bertz CT molecular complexity index is 1040. The number of H-pyrrole nitrogens is 2. The molecule has 1 aromatic heterocycles. The molecule has 1 aliphatic carbocycles. The predicted octanol–water partition coefficient (Wildman–Crippen LogP) is 2.76. The van der Waals surface area contributed by atoms with Gasteiger partial charge in [-0.25, -0.2) is 0 Å². The molecule has 0 saturated carbocycles. The van der Waals surface area contributed by atoms with Crippen molar-refractivity contribution in [1.29, 1.82) is 0 Å². The summed E-state index contributed by atoms with van der Waals surface area (Å²) in [4.78, 5) is 12.5. The highest BCUT2D eigenvalue weighted by Gasteiger charge is 2.52. The van der Waals surface area contributed by atoms with E-state index < -0.39 is 0 Å². The average molecular weight is 350 g/mol. The zero-order valence-corrected chi connectivity index (χ0v) is 14.4. The first-order valence-corrected chi connectivity index (χ1v) is 8.51. The zero-order valence-electron chi connectivity index (χ0n) is 14.4. The predicted molar refractivity (Wildman–Crippen MR) is 95.5 cm³/mol. The molecule has 6 heteroatoms. The Balaban J connectivity index is 1.73. The lowest BCUT2D eigenvalue weighted by Gasteiger charge is -2.19. The smallest absolute Gasteiger partial charge is 0.268 e. The summed E-state index contributed by atoms with van der Waals surface area (Å²) in [5.41, 5.74) is 3.53. The highest BCUT2D eigenvalue weighted by molar-refractivity contribution is 5.62. The summed E-state index contributed by atoms with van der Waals surface area (Å²) < 4.78 is 17.3. The molecule has 2 unspecified atom stereocenters. The maximum absolute atomic E-state index is 12.5. The van der Waals surface area contributed by atoms with Crippen LogP contribution in [0.3, 0.4) is 0 Å². The Hall–Kier alpha value is -3.15. The molecule has 0 spiro atoms. The van der Waals surface area contributed by atoms with Gasteiger partial charge in [0.05, 0.1) is 37.3 Å². The first kappa shape index (κ1) is 15.1. The molecule has 3 aromatic rings. The summed E-state index contributed by atoms with van der Waals surface area (Å²) in [6.45, 7) is 0. The van der Waals surface area contributed by atoms with Gasteiger partial charge in [0.25, 0.3) is 5.56 Å². The van der Waals surface area contributed by atoms with E-state index in [0.29, 0.717) is 11.5 Å². The molecule has 0 bridgehead atoms. The summed E-state index contributed by atoms with van der Waals surface area (Å²) >= 11 is 0. The molecule has 2 heterocycles. The van der Waals surface area contributed by atoms with E-state index in [-0.39, 0.29) is 23.5 Å². The van der Waals surface area contributed by atoms with Gasteiger partial charge in [-0.3, -0.25) is 9.89 Å². The van der Waals surface area contributed by atoms with Gasteiger partial charge >= 0.3 is 0 Å². The van der Waals surface area contributed by atoms with Crippen molar-refractivity contribution in [3.63, 3.8) is 0 Å². The third-order valence-electron chi connectivity index (χ3n) is 5.39. The Kier molecular flexibility index (Phi) is 3.16. The molecule has 3 atom stereocenters. The van der Waals surface area contributed by atoms with Gasteiger partial charge in [0.1, 0.15) is 23.4 Å². The van der Waals surface area contributed by atoms with Crippen LogP contribution in [-0.4, -0.2) is 30.5 Å². The molecule has 1 aliphatic heterocycles. The van der Waals surface area contributed by atoms with E-state index in [1.165, 1.54) is 0 Å². The second-order valence-corrected chi connectivity index (χ2v) is 6.60. The van der Waals surface area contributed by atoms with Crippen LogP contribution < -0.4 is 19.8 Å². The number of methoxy groups -OCH3 is 2. The van der Waals surface area contributed by atoms with Gasteiger partial charge in [-0.15, -0.1) is 0 Å². The zero-order chi connectivity index (χ0) is 17.8. The minimum absolute atomic E-state index is 0.0926. The lowest BCUT2D eigenvalue weighted by molar-refractivity contribution is 0.209. The minimum Gasteiger partial charge on any atom is -0.496 e. The number of aromatic amines is 2. The van der Waals surface area contributed by atoms with Crippen LogP contribution in [0.4, 0.5) is 0 Å². The van der Waals surface area contributed by atoms with Crippen molar-refractivity contribution >= 4 is 0 Å². The van der Waals surface area contributed by atoms with E-state index in [0.717, 1.165) is 28.1 Å². The SMILES string of the molecule is COc1cc(OC)c2c(c1)OC1C2c2[nH][nH]c(=O)c2[C@H]1c1ccccc1. The second-order valence-electron chi connectivity index (χ2n) is 6.60. The molecule has 5 rings (SSSR count). The number of hydrogen-bond donors (Lipinski definition) is 2. The maximum Gasteiger partial charge on any atom is 0.268 e. The van der Waals surface area contributed by atoms with Gasteiger partial charge in [0.2, 0.25) is 0 Å². The van der Waals surface area contributed by atoms with Crippen LogP contribution in [0, 0.1) is 0 Å². The first-order chi connectivity index (χ1) is 12.7. The number of ether oxygens (including phenoxy) is 3. The summed E-state index contributed by atoms with van der Waals surface area (Å²) in [6, 6.07) is 13.7. The van der Waals surface area contributed by atoms with E-state index in [2.05, 4.69) is 10.2 Å². The summed E-state index contributed by atoms with van der Waals surface area (Å²) in [5.74, 6) is 1.89. The third-order valence-corrected chi connectivity index (χ3v) is 5.39. The lowest BCUT2D eigenvalue weighted by atomic mass is 9.89. The quantitative estimate of drug-likeness (QED) is 0.762. The van der Waals surface area contributed by atoms with E-state index in [1.807, 2.05) is 42.5 Å². The highest BCUT2D eigenvalue weighted by Crippen LogP contribution is 2.57. The van der Waals surface area contributed by atoms with Crippen molar-refractivity contribution in [1.82, 2.24) is 10.2 Å². The van der Waals surface area contributed by atoms with Gasteiger partial charge in [0, 0.05) is 17.7 Å². The minimum atomic E-state index is -0.197. The van der Waals surface area contributed by atoms with E-state index in [9.17, 15) is 4.79 Å². The normalized spacial score (nSPS) is 22.3. The topological polar surface area (TPSA) is 76.3 Å². The Labute approximate surface area is 149 Å². The average Bonchev–Trinajstić information content (AvgIpc) is 3.31. The van der Waals surface area contributed by atoms with Crippen molar-refractivity contribution in [3.05, 3.63) is 75.2 Å². The Morgan fingerprint density at radius 2 is 1.77 bits per heavy atom. The molecule has 0 saturated heterocycles. The van der Waals surface area contributed by atoms with Gasteiger partial charge < -0.3 is 19.3 Å². The number of nitrogens with one attached hydrogen (secondary N) is 2. The van der Waals surface area contributed by atoms with Crippen LogP contribution >= 0.6 is 0 Å². The van der Waals surface area contributed by atoms with Crippen molar-refractivity contribution in [2.45, 2.75) is 17.9 Å². The van der Waals surface area contributed by atoms with Crippen LogP contribution in [0.25, 0.3) is 0 Å². The molecule has 2 aliphatic rings. The van der Waals surface area contributed by atoms with E-state index in [1.54, 1.807) is 14.2 Å². The van der Waals surface area contributed by atoms with Crippen LogP contribution in [0.15, 0.2) is 47.3 Å². The van der Waals surface area contributed by atoms with Crippen LogP contribution in [-0.2, 0) is 0 Å². The molecule has 0 fully saturated rings. The van der Waals surface area contributed by atoms with Crippen molar-refractivity contribution in [2.24, 2.45) is 0 Å². The van der Waals surface area contributed by atoms with Crippen molar-refractivity contribution < 1.29 is 14.2 Å². The third kappa shape index (κ3) is 1.89. The fourth-order valence-electron chi connectivity index (χ4n) is 4.33. The molecule has 26 heavy (non-hydrogen) atoms. The molecular formula is C20H18N2O4. The molecular weight excluding hydrogens is 332 g/mol. The van der Waals surface area contributed by atoms with E-state index in [4.69, 9.17) is 14.2 Å². The molecule has 0 amide bonds. The largest absolute Gasteiger partial charge is 0.496 e. The highest BCUT2D eigenvalue weighted by atomic mass is 16.5. The molecule has 132 valence electrons. The number of aromatic nitrogens is 2.